The molecule has 0 unspecified atom stereocenters. The zero-order chi connectivity index (χ0) is 12.0. The molecule has 0 saturated heterocycles. The van der Waals surface area contributed by atoms with Crippen LogP contribution in [0.5, 0.6) is 0 Å². The van der Waals surface area contributed by atoms with E-state index in [1.807, 2.05) is 11.3 Å². The first-order valence-corrected chi connectivity index (χ1v) is 5.96. The van der Waals surface area contributed by atoms with Crippen molar-refractivity contribution in [2.45, 2.75) is 39.0 Å². The maximum absolute atomic E-state index is 10.9. The highest BCUT2D eigenvalue weighted by atomic mass is 16.4. The minimum atomic E-state index is -0.799. The molecule has 0 atom stereocenters. The van der Waals surface area contributed by atoms with Crippen molar-refractivity contribution in [1.29, 1.82) is 0 Å². The van der Waals surface area contributed by atoms with Crippen molar-refractivity contribution in [3.05, 3.63) is 22.8 Å². The number of aryl methyl sites for hydroxylation is 3. The fourth-order valence-electron chi connectivity index (χ4n) is 2.68. The van der Waals surface area contributed by atoms with E-state index in [9.17, 15) is 4.79 Å². The summed E-state index contributed by atoms with van der Waals surface area (Å²) in [5.74, 6) is -0.00194. The maximum Gasteiger partial charge on any atom is 0.309 e. The average Bonchev–Trinajstić information content (AvgIpc) is 2.75. The summed E-state index contributed by atoms with van der Waals surface area (Å²) in [5, 5.41) is 8.96. The highest BCUT2D eigenvalue weighted by Crippen LogP contribution is 2.25. The second kappa shape index (κ2) is 3.61. The van der Waals surface area contributed by atoms with Gasteiger partial charge in [-0.1, -0.05) is 0 Å². The number of aromatic amines is 1. The first kappa shape index (κ1) is 10.4. The molecule has 90 valence electrons. The van der Waals surface area contributed by atoms with Gasteiger partial charge in [-0.3, -0.25) is 9.20 Å². The summed E-state index contributed by atoms with van der Waals surface area (Å²) >= 11 is 0. The maximum atomic E-state index is 10.9. The molecule has 0 bridgehead atoms. The van der Waals surface area contributed by atoms with Gasteiger partial charge in [-0.2, -0.15) is 0 Å². The Bertz CT molecular complexity index is 594. The van der Waals surface area contributed by atoms with Gasteiger partial charge in [0, 0.05) is 11.4 Å². The Kier molecular flexibility index (Phi) is 2.21. The number of carboxylic acid groups (broad SMARTS) is 1. The summed E-state index contributed by atoms with van der Waals surface area (Å²) in [6, 6.07) is 0. The van der Waals surface area contributed by atoms with Crippen molar-refractivity contribution in [2.24, 2.45) is 0 Å². The van der Waals surface area contributed by atoms with Gasteiger partial charge in [0.15, 0.2) is 0 Å². The van der Waals surface area contributed by atoms with Gasteiger partial charge in [0.1, 0.15) is 0 Å². The van der Waals surface area contributed by atoms with Crippen LogP contribution in [-0.4, -0.2) is 25.4 Å². The molecular weight excluding hydrogens is 218 g/mol. The van der Waals surface area contributed by atoms with E-state index in [1.165, 1.54) is 12.1 Å². The van der Waals surface area contributed by atoms with E-state index in [2.05, 4.69) is 9.97 Å². The van der Waals surface area contributed by atoms with Crippen LogP contribution in [0, 0.1) is 6.92 Å². The lowest BCUT2D eigenvalue weighted by Gasteiger charge is -2.11. The molecular formula is C12H15N3O2. The Morgan fingerprint density at radius 3 is 3.00 bits per heavy atom. The van der Waals surface area contributed by atoms with Crippen molar-refractivity contribution in [2.75, 3.05) is 0 Å². The zero-order valence-electron chi connectivity index (χ0n) is 9.79. The summed E-state index contributed by atoms with van der Waals surface area (Å²) in [6.07, 6.45) is 4.41. The minimum Gasteiger partial charge on any atom is -0.481 e. The van der Waals surface area contributed by atoms with Crippen LogP contribution < -0.4 is 0 Å². The summed E-state index contributed by atoms with van der Waals surface area (Å²) in [6.45, 7) is 1.90. The molecule has 5 heteroatoms. The number of H-pyrrole nitrogens is 1. The standard InChI is InChI=1S/C12H15N3O2/c1-7-10(6-11(16)17)15-9-5-3-2-4-8(9)14-12(15)13-7/h2-6H2,1H3,(H,13,14)(H,16,17). The number of nitrogens with zero attached hydrogens (tertiary/aromatic N) is 2. The predicted molar refractivity (Wildman–Crippen MR) is 62.3 cm³/mol. The molecule has 17 heavy (non-hydrogen) atoms. The number of aliphatic carboxylic acids is 1. The van der Waals surface area contributed by atoms with Gasteiger partial charge in [-0.15, -0.1) is 0 Å². The second-order valence-corrected chi connectivity index (χ2v) is 4.64. The fourth-order valence-corrected chi connectivity index (χ4v) is 2.68. The van der Waals surface area contributed by atoms with Crippen LogP contribution in [-0.2, 0) is 24.1 Å². The third kappa shape index (κ3) is 1.53. The third-order valence-corrected chi connectivity index (χ3v) is 3.45. The molecule has 1 aliphatic carbocycles. The first-order valence-electron chi connectivity index (χ1n) is 5.96. The lowest BCUT2D eigenvalue weighted by atomic mass is 10.0. The number of carbonyl (C=O) groups is 1. The van der Waals surface area contributed by atoms with E-state index in [4.69, 9.17) is 5.11 Å². The molecule has 0 aliphatic heterocycles. The monoisotopic (exact) mass is 233 g/mol. The van der Waals surface area contributed by atoms with Crippen LogP contribution in [0.4, 0.5) is 0 Å². The Hall–Kier alpha value is -1.78. The van der Waals surface area contributed by atoms with E-state index in [0.717, 1.165) is 42.1 Å². The molecule has 0 radical (unpaired) electrons. The fraction of sp³-hybridized carbons (Fsp3) is 0.500. The molecule has 5 nitrogen and oxygen atoms in total. The predicted octanol–water partition coefficient (Wildman–Crippen LogP) is 1.48. The van der Waals surface area contributed by atoms with Gasteiger partial charge in [0.25, 0.3) is 0 Å². The summed E-state index contributed by atoms with van der Waals surface area (Å²) in [7, 11) is 0. The molecule has 0 spiro atoms. The van der Waals surface area contributed by atoms with Gasteiger partial charge >= 0.3 is 5.97 Å². The van der Waals surface area contributed by atoms with Crippen LogP contribution in [0.1, 0.15) is 35.6 Å². The van der Waals surface area contributed by atoms with E-state index in [0.29, 0.717) is 0 Å². The second-order valence-electron chi connectivity index (χ2n) is 4.64. The van der Waals surface area contributed by atoms with Crippen LogP contribution >= 0.6 is 0 Å². The van der Waals surface area contributed by atoms with Gasteiger partial charge in [-0.05, 0) is 32.6 Å². The number of hydrogen-bond acceptors (Lipinski definition) is 2. The van der Waals surface area contributed by atoms with Crippen molar-refractivity contribution in [1.82, 2.24) is 14.4 Å². The zero-order valence-corrected chi connectivity index (χ0v) is 9.79. The molecule has 0 saturated carbocycles. The van der Waals surface area contributed by atoms with Crippen LogP contribution in [0.2, 0.25) is 0 Å². The number of carboxylic acids is 1. The number of aromatic nitrogens is 3. The SMILES string of the molecule is Cc1[nH]c2nc3c(n2c1CC(=O)O)CCCC3. The highest BCUT2D eigenvalue weighted by molar-refractivity contribution is 5.70. The first-order chi connectivity index (χ1) is 8.16. The van der Waals surface area contributed by atoms with Crippen molar-refractivity contribution < 1.29 is 9.90 Å². The Morgan fingerprint density at radius 2 is 2.24 bits per heavy atom. The quantitative estimate of drug-likeness (QED) is 0.825. The average molecular weight is 233 g/mol. The number of rotatable bonds is 2. The Labute approximate surface area is 98.5 Å². The smallest absolute Gasteiger partial charge is 0.309 e. The number of imidazole rings is 2. The minimum absolute atomic E-state index is 0.0502. The molecule has 3 rings (SSSR count). The summed E-state index contributed by atoms with van der Waals surface area (Å²) in [5.41, 5.74) is 4.08. The molecule has 0 fully saturated rings. The Balaban J connectivity index is 2.22. The summed E-state index contributed by atoms with van der Waals surface area (Å²) < 4.78 is 2.01. The topological polar surface area (TPSA) is 70.4 Å². The number of hydrogen-bond donors (Lipinski definition) is 2. The van der Waals surface area contributed by atoms with E-state index in [1.54, 1.807) is 0 Å². The van der Waals surface area contributed by atoms with Crippen molar-refractivity contribution >= 4 is 11.7 Å². The highest BCUT2D eigenvalue weighted by Gasteiger charge is 2.21. The molecule has 2 aromatic heterocycles. The van der Waals surface area contributed by atoms with E-state index < -0.39 is 5.97 Å². The van der Waals surface area contributed by atoms with Gasteiger partial charge in [-0.25, -0.2) is 4.98 Å². The number of fused-ring (bicyclic) bond motifs is 3. The molecule has 2 aromatic rings. The third-order valence-electron chi connectivity index (χ3n) is 3.45. The summed E-state index contributed by atoms with van der Waals surface area (Å²) in [4.78, 5) is 18.6. The largest absolute Gasteiger partial charge is 0.481 e. The van der Waals surface area contributed by atoms with Gasteiger partial charge in [0.2, 0.25) is 5.78 Å². The van der Waals surface area contributed by atoms with Gasteiger partial charge < -0.3 is 10.1 Å². The van der Waals surface area contributed by atoms with E-state index in [-0.39, 0.29) is 6.42 Å². The van der Waals surface area contributed by atoms with Gasteiger partial charge in [0.05, 0.1) is 17.8 Å². The lowest BCUT2D eigenvalue weighted by Crippen LogP contribution is -2.09. The van der Waals surface area contributed by atoms with Crippen molar-refractivity contribution in [3.8, 4) is 0 Å². The molecule has 1 aliphatic rings. The molecule has 2 heterocycles. The van der Waals surface area contributed by atoms with Crippen LogP contribution in [0.3, 0.4) is 0 Å². The van der Waals surface area contributed by atoms with E-state index >= 15 is 0 Å². The molecule has 0 amide bonds. The Morgan fingerprint density at radius 1 is 1.47 bits per heavy atom. The molecule has 0 aromatic carbocycles. The van der Waals surface area contributed by atoms with Crippen LogP contribution in [0.15, 0.2) is 0 Å². The van der Waals surface area contributed by atoms with Crippen molar-refractivity contribution in [3.63, 3.8) is 0 Å². The molecule has 2 N–H and O–H groups in total. The van der Waals surface area contributed by atoms with Crippen LogP contribution in [0.25, 0.3) is 5.78 Å². The lowest BCUT2D eigenvalue weighted by molar-refractivity contribution is -0.136. The number of nitrogens with one attached hydrogen (secondary N) is 1. The normalized spacial score (nSPS) is 15.1.